The van der Waals surface area contributed by atoms with E-state index in [1.165, 1.54) is 39.2 Å². The zero-order chi connectivity index (χ0) is 14.5. The molecule has 0 atom stereocenters. The van der Waals surface area contributed by atoms with Crippen molar-refractivity contribution in [2.24, 2.45) is 0 Å². The molecule has 0 heterocycles. The van der Waals surface area contributed by atoms with Crippen LogP contribution in [-0.2, 0) is 14.3 Å². The standard InChI is InChI=1S/C15H29NO3/c1-4-6-7-8-9-10-11-12-14(17)16(5-2)13-15(18)19-3/h4-13H2,1-3H3. The van der Waals surface area contributed by atoms with Crippen LogP contribution in [0.4, 0.5) is 0 Å². The molecule has 0 bridgehead atoms. The molecule has 0 aromatic heterocycles. The number of hydrogen-bond acceptors (Lipinski definition) is 3. The molecule has 0 aliphatic rings. The Hall–Kier alpha value is -1.06. The number of hydrogen-bond donors (Lipinski definition) is 0. The smallest absolute Gasteiger partial charge is 0.325 e. The Balaban J connectivity index is 3.67. The van der Waals surface area contributed by atoms with Crippen molar-refractivity contribution in [2.75, 3.05) is 20.2 Å². The highest BCUT2D eigenvalue weighted by Crippen LogP contribution is 2.09. The summed E-state index contributed by atoms with van der Waals surface area (Å²) in [5, 5.41) is 0. The van der Waals surface area contributed by atoms with Crippen LogP contribution in [0.1, 0.15) is 65.2 Å². The first-order chi connectivity index (χ1) is 9.15. The molecule has 0 aromatic carbocycles. The van der Waals surface area contributed by atoms with Crippen molar-refractivity contribution in [2.45, 2.75) is 65.2 Å². The fraction of sp³-hybridized carbons (Fsp3) is 0.867. The van der Waals surface area contributed by atoms with E-state index in [-0.39, 0.29) is 18.4 Å². The molecule has 0 spiro atoms. The predicted molar refractivity (Wildman–Crippen MR) is 76.9 cm³/mol. The third kappa shape index (κ3) is 9.51. The Morgan fingerprint density at radius 2 is 1.53 bits per heavy atom. The van der Waals surface area contributed by atoms with Gasteiger partial charge in [0.15, 0.2) is 0 Å². The summed E-state index contributed by atoms with van der Waals surface area (Å²) in [6, 6.07) is 0. The maximum absolute atomic E-state index is 11.9. The average molecular weight is 271 g/mol. The van der Waals surface area contributed by atoms with Crippen LogP contribution in [0.2, 0.25) is 0 Å². The number of nitrogens with zero attached hydrogens (tertiary/aromatic N) is 1. The minimum absolute atomic E-state index is 0.0569. The highest BCUT2D eigenvalue weighted by atomic mass is 16.5. The van der Waals surface area contributed by atoms with Crippen molar-refractivity contribution >= 4 is 11.9 Å². The highest BCUT2D eigenvalue weighted by Gasteiger charge is 2.14. The van der Waals surface area contributed by atoms with Gasteiger partial charge in [0.05, 0.1) is 7.11 Å². The molecular weight excluding hydrogens is 242 g/mol. The Morgan fingerprint density at radius 1 is 0.947 bits per heavy atom. The third-order valence-electron chi connectivity index (χ3n) is 3.28. The Bertz CT molecular complexity index is 254. The molecule has 19 heavy (non-hydrogen) atoms. The van der Waals surface area contributed by atoms with E-state index >= 15 is 0 Å². The average Bonchev–Trinajstić information content (AvgIpc) is 2.43. The zero-order valence-electron chi connectivity index (χ0n) is 12.7. The van der Waals surface area contributed by atoms with Gasteiger partial charge in [-0.1, -0.05) is 45.4 Å². The van der Waals surface area contributed by atoms with E-state index < -0.39 is 0 Å². The number of esters is 1. The quantitative estimate of drug-likeness (QED) is 0.428. The number of unbranched alkanes of at least 4 members (excludes halogenated alkanes) is 6. The van der Waals surface area contributed by atoms with Crippen LogP contribution < -0.4 is 0 Å². The highest BCUT2D eigenvalue weighted by molar-refractivity contribution is 5.81. The summed E-state index contributed by atoms with van der Waals surface area (Å²) >= 11 is 0. The fourth-order valence-electron chi connectivity index (χ4n) is 1.99. The van der Waals surface area contributed by atoms with Crippen molar-refractivity contribution in [3.05, 3.63) is 0 Å². The van der Waals surface area contributed by atoms with Gasteiger partial charge in [-0.25, -0.2) is 0 Å². The molecule has 4 nitrogen and oxygen atoms in total. The van der Waals surface area contributed by atoms with E-state index in [2.05, 4.69) is 11.7 Å². The maximum Gasteiger partial charge on any atom is 0.325 e. The predicted octanol–water partition coefficient (Wildman–Crippen LogP) is 3.15. The molecule has 0 N–H and O–H groups in total. The van der Waals surface area contributed by atoms with Crippen LogP contribution in [0, 0.1) is 0 Å². The molecule has 0 aliphatic carbocycles. The van der Waals surface area contributed by atoms with Gasteiger partial charge in [0.25, 0.3) is 0 Å². The van der Waals surface area contributed by atoms with E-state index in [1.807, 2.05) is 6.92 Å². The maximum atomic E-state index is 11.9. The first-order valence-corrected chi connectivity index (χ1v) is 7.50. The fourth-order valence-corrected chi connectivity index (χ4v) is 1.99. The van der Waals surface area contributed by atoms with Gasteiger partial charge in [0, 0.05) is 13.0 Å². The van der Waals surface area contributed by atoms with Gasteiger partial charge in [0.2, 0.25) is 5.91 Å². The molecule has 112 valence electrons. The minimum atomic E-state index is -0.352. The SMILES string of the molecule is CCCCCCCCCC(=O)N(CC)CC(=O)OC. The van der Waals surface area contributed by atoms with Crippen molar-refractivity contribution in [1.82, 2.24) is 4.90 Å². The van der Waals surface area contributed by atoms with Crippen LogP contribution in [0.5, 0.6) is 0 Å². The lowest BCUT2D eigenvalue weighted by Crippen LogP contribution is -2.35. The molecular formula is C15H29NO3. The van der Waals surface area contributed by atoms with Crippen molar-refractivity contribution in [1.29, 1.82) is 0 Å². The summed E-state index contributed by atoms with van der Waals surface area (Å²) in [5.41, 5.74) is 0. The number of methoxy groups -OCH3 is 1. The van der Waals surface area contributed by atoms with Crippen LogP contribution in [0.15, 0.2) is 0 Å². The molecule has 0 aliphatic heterocycles. The van der Waals surface area contributed by atoms with Gasteiger partial charge in [-0.05, 0) is 13.3 Å². The van der Waals surface area contributed by atoms with Crippen LogP contribution in [0.3, 0.4) is 0 Å². The monoisotopic (exact) mass is 271 g/mol. The summed E-state index contributed by atoms with van der Waals surface area (Å²) in [5.74, 6) is -0.295. The second-order valence-electron chi connectivity index (χ2n) is 4.86. The Labute approximate surface area is 117 Å². The Morgan fingerprint density at radius 3 is 2.05 bits per heavy atom. The number of likely N-dealkylation sites (N-methyl/N-ethyl adjacent to an activating group) is 1. The molecule has 0 rings (SSSR count). The van der Waals surface area contributed by atoms with Gasteiger partial charge < -0.3 is 9.64 Å². The number of carbonyl (C=O) groups excluding carboxylic acids is 2. The second kappa shape index (κ2) is 12.0. The summed E-state index contributed by atoms with van der Waals surface area (Å²) in [6.07, 6.45) is 8.90. The topological polar surface area (TPSA) is 46.6 Å². The molecule has 4 heteroatoms. The molecule has 0 saturated carbocycles. The minimum Gasteiger partial charge on any atom is -0.468 e. The normalized spacial score (nSPS) is 10.3. The molecule has 0 fully saturated rings. The number of ether oxygens (including phenoxy) is 1. The van der Waals surface area contributed by atoms with Gasteiger partial charge in [-0.15, -0.1) is 0 Å². The van der Waals surface area contributed by atoms with E-state index in [1.54, 1.807) is 4.90 Å². The van der Waals surface area contributed by atoms with Gasteiger partial charge in [-0.2, -0.15) is 0 Å². The Kier molecular flexibility index (Phi) is 11.3. The van der Waals surface area contributed by atoms with Crippen LogP contribution in [0.25, 0.3) is 0 Å². The third-order valence-corrected chi connectivity index (χ3v) is 3.28. The van der Waals surface area contributed by atoms with E-state index in [9.17, 15) is 9.59 Å². The first-order valence-electron chi connectivity index (χ1n) is 7.50. The van der Waals surface area contributed by atoms with Gasteiger partial charge in [-0.3, -0.25) is 9.59 Å². The summed E-state index contributed by atoms with van der Waals surface area (Å²) < 4.78 is 4.58. The molecule has 0 unspecified atom stereocenters. The summed E-state index contributed by atoms with van der Waals surface area (Å²) in [7, 11) is 1.34. The van der Waals surface area contributed by atoms with E-state index in [0.717, 1.165) is 12.8 Å². The second-order valence-corrected chi connectivity index (χ2v) is 4.86. The van der Waals surface area contributed by atoms with Gasteiger partial charge in [0.1, 0.15) is 6.54 Å². The molecule has 0 aromatic rings. The lowest BCUT2D eigenvalue weighted by atomic mass is 10.1. The van der Waals surface area contributed by atoms with Crippen LogP contribution >= 0.6 is 0 Å². The summed E-state index contributed by atoms with van der Waals surface area (Å²) in [6.45, 7) is 4.72. The number of amides is 1. The number of rotatable bonds is 11. The largest absolute Gasteiger partial charge is 0.468 e. The lowest BCUT2D eigenvalue weighted by Gasteiger charge is -2.19. The van der Waals surface area contributed by atoms with Crippen molar-refractivity contribution in [3.8, 4) is 0 Å². The zero-order valence-corrected chi connectivity index (χ0v) is 12.7. The lowest BCUT2D eigenvalue weighted by molar-refractivity contribution is -0.146. The summed E-state index contributed by atoms with van der Waals surface area (Å²) in [4.78, 5) is 24.6. The van der Waals surface area contributed by atoms with Crippen molar-refractivity contribution in [3.63, 3.8) is 0 Å². The van der Waals surface area contributed by atoms with Crippen LogP contribution in [-0.4, -0.2) is 37.0 Å². The van der Waals surface area contributed by atoms with E-state index in [4.69, 9.17) is 0 Å². The van der Waals surface area contributed by atoms with Crippen molar-refractivity contribution < 1.29 is 14.3 Å². The molecule has 1 amide bonds. The molecule has 0 saturated heterocycles. The first kappa shape index (κ1) is 17.9. The van der Waals surface area contributed by atoms with Gasteiger partial charge >= 0.3 is 5.97 Å². The number of carbonyl (C=O) groups is 2. The molecule has 0 radical (unpaired) electrons. The van der Waals surface area contributed by atoms with E-state index in [0.29, 0.717) is 13.0 Å².